The van der Waals surface area contributed by atoms with Gasteiger partial charge in [0.25, 0.3) is 5.91 Å². The number of benzene rings is 1. The van der Waals surface area contributed by atoms with Crippen LogP contribution >= 0.6 is 0 Å². The predicted molar refractivity (Wildman–Crippen MR) is 135 cm³/mol. The maximum absolute atomic E-state index is 12.6. The number of hydrogen-bond donors (Lipinski definition) is 4. The molecule has 3 rings (SSSR count). The maximum atomic E-state index is 12.6. The van der Waals surface area contributed by atoms with E-state index >= 15 is 0 Å². The van der Waals surface area contributed by atoms with E-state index in [1.807, 2.05) is 57.2 Å². The van der Waals surface area contributed by atoms with E-state index in [9.17, 15) is 9.59 Å². The minimum absolute atomic E-state index is 0.0232. The summed E-state index contributed by atoms with van der Waals surface area (Å²) in [7, 11) is 1.75. The Labute approximate surface area is 199 Å². The average molecular weight is 462 g/mol. The summed E-state index contributed by atoms with van der Waals surface area (Å²) in [5.74, 6) is -0.0729. The Morgan fingerprint density at radius 2 is 2.06 bits per heavy atom. The highest BCUT2D eigenvalue weighted by Gasteiger charge is 2.16. The van der Waals surface area contributed by atoms with Gasteiger partial charge in [-0.1, -0.05) is 38.1 Å². The molecule has 3 aromatic rings. The zero-order valence-corrected chi connectivity index (χ0v) is 19.9. The summed E-state index contributed by atoms with van der Waals surface area (Å²) in [5.41, 5.74) is 6.93. The summed E-state index contributed by atoms with van der Waals surface area (Å²) in [6, 6.07) is 11.5. The van der Waals surface area contributed by atoms with Crippen LogP contribution in [0.1, 0.15) is 43.1 Å². The molecule has 178 valence electrons. The molecule has 9 nitrogen and oxygen atoms in total. The van der Waals surface area contributed by atoms with Gasteiger partial charge in [0.1, 0.15) is 5.84 Å². The van der Waals surface area contributed by atoms with Crippen LogP contribution in [0.2, 0.25) is 0 Å². The van der Waals surface area contributed by atoms with Gasteiger partial charge in [-0.2, -0.15) is 5.10 Å². The summed E-state index contributed by atoms with van der Waals surface area (Å²) in [6.07, 6.45) is 7.79. The monoisotopic (exact) mass is 461 g/mol. The van der Waals surface area contributed by atoms with E-state index in [4.69, 9.17) is 4.99 Å². The van der Waals surface area contributed by atoms with Crippen LogP contribution in [0, 0.1) is 5.92 Å². The van der Waals surface area contributed by atoms with Crippen LogP contribution in [0.3, 0.4) is 0 Å². The van der Waals surface area contributed by atoms with Gasteiger partial charge in [-0.15, -0.1) is 0 Å². The summed E-state index contributed by atoms with van der Waals surface area (Å²) in [4.78, 5) is 29.7. The Balaban J connectivity index is 1.72. The molecule has 2 amide bonds. The summed E-state index contributed by atoms with van der Waals surface area (Å²) in [5, 5.41) is 12.5. The van der Waals surface area contributed by atoms with Crippen molar-refractivity contribution in [3.05, 3.63) is 72.2 Å². The van der Waals surface area contributed by atoms with Crippen molar-refractivity contribution in [1.29, 1.82) is 0 Å². The van der Waals surface area contributed by atoms with Crippen molar-refractivity contribution < 1.29 is 9.59 Å². The van der Waals surface area contributed by atoms with Crippen molar-refractivity contribution in [3.8, 4) is 11.3 Å². The first-order valence-electron chi connectivity index (χ1n) is 11.2. The minimum Gasteiger partial charge on any atom is -0.343 e. The van der Waals surface area contributed by atoms with E-state index in [1.54, 1.807) is 36.4 Å². The lowest BCUT2D eigenvalue weighted by molar-refractivity contribution is -0.118. The molecule has 2 aromatic heterocycles. The number of H-pyrrole nitrogens is 1. The molecule has 0 saturated carbocycles. The Morgan fingerprint density at radius 3 is 2.71 bits per heavy atom. The van der Waals surface area contributed by atoms with Gasteiger partial charge in [-0.25, -0.2) is 4.99 Å². The molecular weight excluding hydrogens is 430 g/mol. The molecule has 0 saturated heterocycles. The third-order valence-corrected chi connectivity index (χ3v) is 5.45. The van der Waals surface area contributed by atoms with Gasteiger partial charge in [-0.05, 0) is 31.5 Å². The second kappa shape index (κ2) is 11.6. The van der Waals surface area contributed by atoms with Crippen LogP contribution in [0.4, 0.5) is 0 Å². The van der Waals surface area contributed by atoms with Gasteiger partial charge in [-0.3, -0.25) is 19.4 Å². The number of aromatic nitrogens is 3. The van der Waals surface area contributed by atoms with Crippen LogP contribution in [-0.4, -0.2) is 46.1 Å². The number of nitrogens with one attached hydrogen (secondary N) is 4. The topological polar surface area (TPSA) is 116 Å². The second-order valence-corrected chi connectivity index (χ2v) is 7.79. The highest BCUT2D eigenvalue weighted by molar-refractivity contribution is 6.04. The van der Waals surface area contributed by atoms with Gasteiger partial charge in [0.2, 0.25) is 5.91 Å². The van der Waals surface area contributed by atoms with Crippen molar-refractivity contribution in [2.24, 2.45) is 10.9 Å². The highest BCUT2D eigenvalue weighted by atomic mass is 16.2. The Morgan fingerprint density at radius 1 is 1.24 bits per heavy atom. The Bertz CT molecular complexity index is 1180. The summed E-state index contributed by atoms with van der Waals surface area (Å²) >= 11 is 0. The van der Waals surface area contributed by atoms with E-state index in [0.717, 1.165) is 28.9 Å². The van der Waals surface area contributed by atoms with Crippen LogP contribution in [0.25, 0.3) is 17.0 Å². The Hall–Kier alpha value is -4.14. The zero-order chi connectivity index (χ0) is 24.5. The largest absolute Gasteiger partial charge is 0.343 e. The fourth-order valence-corrected chi connectivity index (χ4v) is 3.26. The molecule has 0 spiro atoms. The summed E-state index contributed by atoms with van der Waals surface area (Å²) < 4.78 is 1.66. The third-order valence-electron chi connectivity index (χ3n) is 5.45. The molecule has 0 radical (unpaired) electrons. The molecule has 0 aliphatic rings. The lowest BCUT2D eigenvalue weighted by atomic mass is 10.0. The highest BCUT2D eigenvalue weighted by Crippen LogP contribution is 2.23. The number of amides is 2. The number of amidine groups is 1. The first-order chi connectivity index (χ1) is 16.4. The van der Waals surface area contributed by atoms with E-state index in [2.05, 4.69) is 26.3 Å². The fourth-order valence-electron chi connectivity index (χ4n) is 3.26. The second-order valence-electron chi connectivity index (χ2n) is 7.79. The third kappa shape index (κ3) is 6.22. The quantitative estimate of drug-likeness (QED) is 0.289. The fraction of sp³-hybridized carbons (Fsp3) is 0.280. The molecule has 0 bridgehead atoms. The van der Waals surface area contributed by atoms with E-state index in [1.165, 1.54) is 0 Å². The number of hydrogen-bond acceptors (Lipinski definition) is 5. The van der Waals surface area contributed by atoms with Gasteiger partial charge in [0.05, 0.1) is 23.5 Å². The van der Waals surface area contributed by atoms with Crippen molar-refractivity contribution in [1.82, 2.24) is 25.5 Å². The number of aromatic amines is 1. The van der Waals surface area contributed by atoms with Crippen molar-refractivity contribution in [2.45, 2.75) is 27.2 Å². The number of carbonyl (C=O) groups excluding carboxylic acids is 2. The van der Waals surface area contributed by atoms with Crippen LogP contribution in [-0.2, 0) is 4.79 Å². The molecule has 9 heteroatoms. The van der Waals surface area contributed by atoms with Crippen molar-refractivity contribution in [2.75, 3.05) is 19.0 Å². The van der Waals surface area contributed by atoms with Gasteiger partial charge < -0.3 is 16.1 Å². The normalized spacial score (nSPS) is 12.8. The lowest BCUT2D eigenvalue weighted by Crippen LogP contribution is -2.41. The maximum Gasteiger partial charge on any atom is 0.253 e. The Kier molecular flexibility index (Phi) is 8.39. The van der Waals surface area contributed by atoms with Gasteiger partial charge >= 0.3 is 0 Å². The molecule has 2 heterocycles. The minimum atomic E-state index is -0.331. The first kappa shape index (κ1) is 24.5. The number of aliphatic imine (C=N–C) groups is 1. The predicted octanol–water partition coefficient (Wildman–Crippen LogP) is 3.40. The molecule has 4 N–H and O–H groups in total. The average Bonchev–Trinajstić information content (AvgIpc) is 3.57. The number of carbonyl (C=O) groups is 2. The smallest absolute Gasteiger partial charge is 0.253 e. The number of nitrogens with zero attached hydrogens (tertiary/aromatic N) is 3. The molecule has 1 atom stereocenters. The van der Waals surface area contributed by atoms with E-state index < -0.39 is 0 Å². The SMILES string of the molecule is C/C=C(\N=C(NC(=O)CNC(=O)c1ccn(NC)c1)C(C)CC)c1cccc(-c2ccn[nH]2)c1. The van der Waals surface area contributed by atoms with Crippen LogP contribution < -0.4 is 16.1 Å². The zero-order valence-electron chi connectivity index (χ0n) is 19.9. The van der Waals surface area contributed by atoms with Crippen LogP contribution in [0.5, 0.6) is 0 Å². The standard InChI is InChI=1S/C25H31N7O2/c1-5-17(3)24(30-23(33)15-27-25(34)20-11-13-32(16-20)26-4)29-21(6-2)18-8-7-9-19(14-18)22-10-12-28-31-22/h6-14,16-17,26H,5,15H2,1-4H3,(H,27,34)(H,28,31)(H,29,30,33)/b21-6-. The van der Waals surface area contributed by atoms with Crippen molar-refractivity contribution in [3.63, 3.8) is 0 Å². The number of rotatable bonds is 9. The van der Waals surface area contributed by atoms with E-state index in [-0.39, 0.29) is 24.3 Å². The van der Waals surface area contributed by atoms with E-state index in [0.29, 0.717) is 11.4 Å². The van der Waals surface area contributed by atoms with Crippen LogP contribution in [0.15, 0.2) is 66.1 Å². The molecule has 0 aliphatic heterocycles. The van der Waals surface area contributed by atoms with Gasteiger partial charge in [0.15, 0.2) is 0 Å². The lowest BCUT2D eigenvalue weighted by Gasteiger charge is -2.16. The molecule has 1 aromatic carbocycles. The van der Waals surface area contributed by atoms with Gasteiger partial charge in [0, 0.05) is 42.7 Å². The molecule has 0 fully saturated rings. The number of allylic oxidation sites excluding steroid dienone is 1. The molecule has 1 unspecified atom stereocenters. The molecule has 0 aliphatic carbocycles. The molecule has 34 heavy (non-hydrogen) atoms. The molecular formula is C25H31N7O2. The first-order valence-corrected chi connectivity index (χ1v) is 11.2. The van der Waals surface area contributed by atoms with Crippen molar-refractivity contribution >= 4 is 23.3 Å². The summed E-state index contributed by atoms with van der Waals surface area (Å²) in [6.45, 7) is 5.80.